The van der Waals surface area contributed by atoms with Crippen LogP contribution in [0, 0.1) is 0 Å². The molecular formula is C18H23BrN4OS. The fraction of sp³-hybridized carbons (Fsp3) is 0.333. The standard InChI is InChI=1S/C18H23BrN4OS/c1-2-20-18(22-10-9-16-4-3-13-25-16)23-12-11-21-17(24)14-5-7-15(19)8-6-14/h3-8,13H,2,9-12H2,1H3,(H,21,24)(H2,20,22,23). The number of guanidine groups is 1. The molecule has 1 heterocycles. The maximum atomic E-state index is 12.0. The van der Waals surface area contributed by atoms with Crippen LogP contribution in [0.3, 0.4) is 0 Å². The number of nitrogens with one attached hydrogen (secondary N) is 3. The summed E-state index contributed by atoms with van der Waals surface area (Å²) in [6.45, 7) is 4.72. The summed E-state index contributed by atoms with van der Waals surface area (Å²) < 4.78 is 0.958. The average molecular weight is 423 g/mol. The normalized spacial score (nSPS) is 11.2. The molecule has 0 aliphatic rings. The van der Waals surface area contributed by atoms with E-state index in [1.54, 1.807) is 23.5 Å². The first-order chi connectivity index (χ1) is 12.2. The quantitative estimate of drug-likeness (QED) is 0.348. The van der Waals surface area contributed by atoms with Crippen LogP contribution in [0.15, 0.2) is 51.2 Å². The largest absolute Gasteiger partial charge is 0.357 e. The number of hydrogen-bond acceptors (Lipinski definition) is 3. The molecule has 7 heteroatoms. The summed E-state index contributed by atoms with van der Waals surface area (Å²) in [5, 5.41) is 11.4. The van der Waals surface area contributed by atoms with Gasteiger partial charge in [0.1, 0.15) is 0 Å². The molecule has 5 nitrogen and oxygen atoms in total. The van der Waals surface area contributed by atoms with E-state index in [9.17, 15) is 4.79 Å². The molecular weight excluding hydrogens is 400 g/mol. The average Bonchev–Trinajstić information content (AvgIpc) is 3.12. The third-order valence-corrected chi connectivity index (χ3v) is 4.83. The SMILES string of the molecule is CCNC(=NCCc1cccs1)NCCNC(=O)c1ccc(Br)cc1. The van der Waals surface area contributed by atoms with Gasteiger partial charge in [-0.1, -0.05) is 22.0 Å². The predicted molar refractivity (Wildman–Crippen MR) is 108 cm³/mol. The summed E-state index contributed by atoms with van der Waals surface area (Å²) >= 11 is 5.11. The second-order valence-electron chi connectivity index (χ2n) is 5.28. The second-order valence-corrected chi connectivity index (χ2v) is 7.23. The lowest BCUT2D eigenvalue weighted by Gasteiger charge is -2.12. The molecule has 2 rings (SSSR count). The molecule has 0 aliphatic carbocycles. The van der Waals surface area contributed by atoms with Crippen LogP contribution < -0.4 is 16.0 Å². The molecule has 0 atom stereocenters. The molecule has 25 heavy (non-hydrogen) atoms. The fourth-order valence-electron chi connectivity index (χ4n) is 2.13. The maximum absolute atomic E-state index is 12.0. The van der Waals surface area contributed by atoms with Crippen molar-refractivity contribution in [3.63, 3.8) is 0 Å². The van der Waals surface area contributed by atoms with Crippen molar-refractivity contribution in [2.45, 2.75) is 13.3 Å². The maximum Gasteiger partial charge on any atom is 0.251 e. The van der Waals surface area contributed by atoms with Crippen molar-refractivity contribution in [2.24, 2.45) is 4.99 Å². The number of aliphatic imine (C=N–C) groups is 1. The minimum Gasteiger partial charge on any atom is -0.357 e. The van der Waals surface area contributed by atoms with Gasteiger partial charge in [-0.2, -0.15) is 0 Å². The molecule has 134 valence electrons. The minimum atomic E-state index is -0.0751. The first-order valence-corrected chi connectivity index (χ1v) is 9.94. The van der Waals surface area contributed by atoms with E-state index in [4.69, 9.17) is 0 Å². The Morgan fingerprint density at radius 3 is 2.56 bits per heavy atom. The van der Waals surface area contributed by atoms with Gasteiger partial charge in [0, 0.05) is 47.5 Å². The van der Waals surface area contributed by atoms with E-state index in [-0.39, 0.29) is 5.91 Å². The number of halogens is 1. The van der Waals surface area contributed by atoms with Crippen molar-refractivity contribution in [1.82, 2.24) is 16.0 Å². The number of benzene rings is 1. The summed E-state index contributed by atoms with van der Waals surface area (Å²) in [6, 6.07) is 11.5. The molecule has 0 unspecified atom stereocenters. The molecule has 0 saturated carbocycles. The van der Waals surface area contributed by atoms with Gasteiger partial charge in [0.15, 0.2) is 5.96 Å². The zero-order valence-electron chi connectivity index (χ0n) is 14.2. The first kappa shape index (κ1) is 19.5. The van der Waals surface area contributed by atoms with Crippen molar-refractivity contribution in [1.29, 1.82) is 0 Å². The zero-order chi connectivity index (χ0) is 17.9. The van der Waals surface area contributed by atoms with E-state index >= 15 is 0 Å². The van der Waals surface area contributed by atoms with Crippen LogP contribution in [0.4, 0.5) is 0 Å². The van der Waals surface area contributed by atoms with Crippen LogP contribution in [0.5, 0.6) is 0 Å². The van der Waals surface area contributed by atoms with E-state index in [0.29, 0.717) is 18.7 Å². The van der Waals surface area contributed by atoms with Gasteiger partial charge >= 0.3 is 0 Å². The number of thiophene rings is 1. The molecule has 1 amide bonds. The summed E-state index contributed by atoms with van der Waals surface area (Å²) in [4.78, 5) is 17.9. The highest BCUT2D eigenvalue weighted by Gasteiger charge is 2.04. The second kappa shape index (κ2) is 10.9. The topological polar surface area (TPSA) is 65.5 Å². The number of carbonyl (C=O) groups excluding carboxylic acids is 1. The van der Waals surface area contributed by atoms with Crippen molar-refractivity contribution in [2.75, 3.05) is 26.2 Å². The molecule has 0 fully saturated rings. The van der Waals surface area contributed by atoms with Gasteiger partial charge in [-0.25, -0.2) is 0 Å². The Bertz CT molecular complexity index is 671. The fourth-order valence-corrected chi connectivity index (χ4v) is 3.10. The van der Waals surface area contributed by atoms with Crippen LogP contribution in [0.2, 0.25) is 0 Å². The number of nitrogens with zero attached hydrogens (tertiary/aromatic N) is 1. The smallest absolute Gasteiger partial charge is 0.251 e. The number of carbonyl (C=O) groups is 1. The number of rotatable bonds is 8. The van der Waals surface area contributed by atoms with E-state index in [0.717, 1.165) is 29.9 Å². The van der Waals surface area contributed by atoms with Gasteiger partial charge in [-0.3, -0.25) is 9.79 Å². The van der Waals surface area contributed by atoms with Crippen LogP contribution in [-0.2, 0) is 6.42 Å². The third-order valence-electron chi connectivity index (χ3n) is 3.36. The molecule has 0 radical (unpaired) electrons. The number of hydrogen-bond donors (Lipinski definition) is 3. The van der Waals surface area contributed by atoms with E-state index in [2.05, 4.69) is 54.4 Å². The minimum absolute atomic E-state index is 0.0751. The summed E-state index contributed by atoms with van der Waals surface area (Å²) in [7, 11) is 0. The van der Waals surface area contributed by atoms with Crippen LogP contribution in [-0.4, -0.2) is 38.0 Å². The summed E-state index contributed by atoms with van der Waals surface area (Å²) in [5.41, 5.74) is 0.653. The molecule has 0 saturated heterocycles. The van der Waals surface area contributed by atoms with Crippen LogP contribution in [0.25, 0.3) is 0 Å². The van der Waals surface area contributed by atoms with Crippen molar-refractivity contribution >= 4 is 39.1 Å². The van der Waals surface area contributed by atoms with E-state index < -0.39 is 0 Å². The molecule has 3 N–H and O–H groups in total. The van der Waals surface area contributed by atoms with Gasteiger partial charge in [-0.15, -0.1) is 11.3 Å². The summed E-state index contributed by atoms with van der Waals surface area (Å²) in [5.74, 6) is 0.700. The summed E-state index contributed by atoms with van der Waals surface area (Å²) in [6.07, 6.45) is 0.939. The highest BCUT2D eigenvalue weighted by Crippen LogP contribution is 2.10. The molecule has 0 bridgehead atoms. The predicted octanol–water partition coefficient (Wildman–Crippen LogP) is 3.04. The Kier molecular flexibility index (Phi) is 8.48. The number of amides is 1. The lowest BCUT2D eigenvalue weighted by molar-refractivity contribution is 0.0954. The Labute approximate surface area is 161 Å². The molecule has 1 aromatic heterocycles. The lowest BCUT2D eigenvalue weighted by Crippen LogP contribution is -2.41. The highest BCUT2D eigenvalue weighted by atomic mass is 79.9. The Hall–Kier alpha value is -1.86. The molecule has 2 aromatic rings. The monoisotopic (exact) mass is 422 g/mol. The van der Waals surface area contributed by atoms with E-state index in [1.165, 1.54) is 4.88 Å². The van der Waals surface area contributed by atoms with Gasteiger partial charge < -0.3 is 16.0 Å². The van der Waals surface area contributed by atoms with Gasteiger partial charge in [0.25, 0.3) is 5.91 Å². The Morgan fingerprint density at radius 1 is 1.12 bits per heavy atom. The van der Waals surface area contributed by atoms with Gasteiger partial charge in [-0.05, 0) is 42.6 Å². The lowest BCUT2D eigenvalue weighted by atomic mass is 10.2. The van der Waals surface area contributed by atoms with Gasteiger partial charge in [0.2, 0.25) is 0 Å². The van der Waals surface area contributed by atoms with Crippen molar-refractivity contribution in [3.8, 4) is 0 Å². The molecule has 0 spiro atoms. The van der Waals surface area contributed by atoms with E-state index in [1.807, 2.05) is 19.1 Å². The van der Waals surface area contributed by atoms with Crippen molar-refractivity contribution < 1.29 is 4.79 Å². The molecule has 0 aliphatic heterocycles. The molecule has 1 aromatic carbocycles. The van der Waals surface area contributed by atoms with Gasteiger partial charge in [0.05, 0.1) is 0 Å². The third kappa shape index (κ3) is 7.27. The first-order valence-electron chi connectivity index (χ1n) is 8.27. The van der Waals surface area contributed by atoms with Crippen LogP contribution in [0.1, 0.15) is 22.2 Å². The highest BCUT2D eigenvalue weighted by molar-refractivity contribution is 9.10. The van der Waals surface area contributed by atoms with Crippen molar-refractivity contribution in [3.05, 3.63) is 56.7 Å². The van der Waals surface area contributed by atoms with Crippen LogP contribution >= 0.6 is 27.3 Å². The Balaban J connectivity index is 1.71. The Morgan fingerprint density at radius 2 is 1.88 bits per heavy atom. The zero-order valence-corrected chi connectivity index (χ0v) is 16.6.